The van der Waals surface area contributed by atoms with Gasteiger partial charge in [0.15, 0.2) is 0 Å². The largest absolute Gasteiger partial charge is 0.313 e. The second-order valence-corrected chi connectivity index (χ2v) is 3.06. The van der Waals surface area contributed by atoms with Crippen molar-refractivity contribution >= 4 is 11.6 Å². The van der Waals surface area contributed by atoms with Crippen molar-refractivity contribution in [1.29, 1.82) is 0 Å². The van der Waals surface area contributed by atoms with Crippen LogP contribution in [0.2, 0.25) is 5.02 Å². The first-order valence-electron chi connectivity index (χ1n) is 3.78. The Hall–Kier alpha value is -0.600. The lowest BCUT2D eigenvalue weighted by Crippen LogP contribution is -2.13. The molecule has 0 radical (unpaired) electrons. The SMILES string of the molecule is CN[C@H](C)c1cccc(Cl)c1F. The van der Waals surface area contributed by atoms with Crippen molar-refractivity contribution in [2.24, 2.45) is 0 Å². The summed E-state index contributed by atoms with van der Waals surface area (Å²) >= 11 is 5.61. The van der Waals surface area contributed by atoms with E-state index < -0.39 is 0 Å². The van der Waals surface area contributed by atoms with Crippen molar-refractivity contribution in [3.8, 4) is 0 Å². The third-order valence-corrected chi connectivity index (χ3v) is 2.17. The smallest absolute Gasteiger partial charge is 0.146 e. The Balaban J connectivity index is 3.07. The van der Waals surface area contributed by atoms with Crippen LogP contribution in [0.5, 0.6) is 0 Å². The van der Waals surface area contributed by atoms with Crippen molar-refractivity contribution in [3.63, 3.8) is 0 Å². The van der Waals surface area contributed by atoms with Gasteiger partial charge in [0, 0.05) is 11.6 Å². The Labute approximate surface area is 76.5 Å². The molecule has 0 fully saturated rings. The molecular formula is C9H11ClFN. The molecule has 1 nitrogen and oxygen atoms in total. The van der Waals surface area contributed by atoms with Gasteiger partial charge in [-0.05, 0) is 20.0 Å². The Morgan fingerprint density at radius 2 is 2.17 bits per heavy atom. The molecule has 0 heterocycles. The first-order chi connectivity index (χ1) is 5.66. The number of halogens is 2. The lowest BCUT2D eigenvalue weighted by Gasteiger charge is -2.11. The number of nitrogens with one attached hydrogen (secondary N) is 1. The highest BCUT2D eigenvalue weighted by molar-refractivity contribution is 6.30. The number of hydrogen-bond donors (Lipinski definition) is 1. The van der Waals surface area contributed by atoms with Crippen LogP contribution in [0.3, 0.4) is 0 Å². The van der Waals surface area contributed by atoms with E-state index in [1.165, 1.54) is 0 Å². The van der Waals surface area contributed by atoms with Gasteiger partial charge in [0.1, 0.15) is 5.82 Å². The van der Waals surface area contributed by atoms with Crippen LogP contribution in [0.1, 0.15) is 18.5 Å². The highest BCUT2D eigenvalue weighted by Crippen LogP contribution is 2.22. The molecule has 0 saturated carbocycles. The van der Waals surface area contributed by atoms with E-state index in [4.69, 9.17) is 11.6 Å². The molecule has 0 amide bonds. The summed E-state index contributed by atoms with van der Waals surface area (Å²) in [6, 6.07) is 5.00. The molecule has 0 aromatic heterocycles. The first-order valence-corrected chi connectivity index (χ1v) is 4.15. The van der Waals surface area contributed by atoms with Crippen LogP contribution in [-0.4, -0.2) is 7.05 Å². The molecule has 0 aliphatic heterocycles. The third kappa shape index (κ3) is 1.76. The van der Waals surface area contributed by atoms with E-state index in [9.17, 15) is 4.39 Å². The zero-order chi connectivity index (χ0) is 9.14. The second kappa shape index (κ2) is 3.87. The Bertz CT molecular complexity index is 275. The molecule has 0 bridgehead atoms. The summed E-state index contributed by atoms with van der Waals surface area (Å²) in [5.41, 5.74) is 0.602. The molecule has 0 unspecified atom stereocenters. The fourth-order valence-electron chi connectivity index (χ4n) is 1.01. The van der Waals surface area contributed by atoms with E-state index in [-0.39, 0.29) is 16.9 Å². The van der Waals surface area contributed by atoms with Crippen LogP contribution in [0, 0.1) is 5.82 Å². The monoisotopic (exact) mass is 187 g/mol. The van der Waals surface area contributed by atoms with Crippen LogP contribution < -0.4 is 5.32 Å². The van der Waals surface area contributed by atoms with Gasteiger partial charge >= 0.3 is 0 Å². The van der Waals surface area contributed by atoms with Gasteiger partial charge in [-0.2, -0.15) is 0 Å². The maximum absolute atomic E-state index is 13.3. The molecule has 0 aliphatic carbocycles. The second-order valence-electron chi connectivity index (χ2n) is 2.65. The minimum absolute atomic E-state index is 0.0105. The molecule has 1 aromatic carbocycles. The van der Waals surface area contributed by atoms with Crippen LogP contribution in [0.15, 0.2) is 18.2 Å². The molecule has 3 heteroatoms. The molecular weight excluding hydrogens is 177 g/mol. The van der Waals surface area contributed by atoms with Crippen LogP contribution in [-0.2, 0) is 0 Å². The van der Waals surface area contributed by atoms with Crippen molar-refractivity contribution < 1.29 is 4.39 Å². The molecule has 1 N–H and O–H groups in total. The lowest BCUT2D eigenvalue weighted by molar-refractivity contribution is 0.562. The zero-order valence-electron chi connectivity index (χ0n) is 7.07. The minimum Gasteiger partial charge on any atom is -0.313 e. The third-order valence-electron chi connectivity index (χ3n) is 1.88. The van der Waals surface area contributed by atoms with E-state index in [0.717, 1.165) is 0 Å². The lowest BCUT2D eigenvalue weighted by atomic mass is 10.1. The quantitative estimate of drug-likeness (QED) is 0.751. The maximum Gasteiger partial charge on any atom is 0.146 e. The molecule has 1 atom stereocenters. The summed E-state index contributed by atoms with van der Waals surface area (Å²) in [5.74, 6) is -0.332. The van der Waals surface area contributed by atoms with Crippen molar-refractivity contribution in [2.45, 2.75) is 13.0 Å². The Kier molecular flexibility index (Phi) is 3.06. The number of benzene rings is 1. The molecule has 66 valence electrons. The van der Waals surface area contributed by atoms with E-state index >= 15 is 0 Å². The van der Waals surface area contributed by atoms with Gasteiger partial charge in [0.25, 0.3) is 0 Å². The molecule has 12 heavy (non-hydrogen) atoms. The molecule has 1 aromatic rings. The summed E-state index contributed by atoms with van der Waals surface area (Å²) in [7, 11) is 1.78. The fraction of sp³-hybridized carbons (Fsp3) is 0.333. The fourth-order valence-corrected chi connectivity index (χ4v) is 1.19. The molecule has 0 saturated heterocycles. The van der Waals surface area contributed by atoms with Crippen LogP contribution in [0.25, 0.3) is 0 Å². The van der Waals surface area contributed by atoms with Gasteiger partial charge in [-0.1, -0.05) is 23.7 Å². The summed E-state index contributed by atoms with van der Waals surface area (Å²) in [5, 5.41) is 3.13. The molecule has 0 spiro atoms. The standard InChI is InChI=1S/C9H11ClFN/c1-6(12-2)7-4-3-5-8(10)9(7)11/h3-6,12H,1-2H3/t6-/m1/s1. The highest BCUT2D eigenvalue weighted by atomic mass is 35.5. The summed E-state index contributed by atoms with van der Waals surface area (Å²) in [6.07, 6.45) is 0. The van der Waals surface area contributed by atoms with Crippen molar-refractivity contribution in [3.05, 3.63) is 34.6 Å². The topological polar surface area (TPSA) is 12.0 Å². The first kappa shape index (κ1) is 9.49. The van der Waals surface area contributed by atoms with Gasteiger partial charge in [-0.25, -0.2) is 4.39 Å². The average molecular weight is 188 g/mol. The number of rotatable bonds is 2. The van der Waals surface area contributed by atoms with Gasteiger partial charge in [0.05, 0.1) is 5.02 Å². The summed E-state index contributed by atoms with van der Waals surface area (Å²) in [4.78, 5) is 0. The van der Waals surface area contributed by atoms with Crippen LogP contribution in [0.4, 0.5) is 4.39 Å². The van der Waals surface area contributed by atoms with Crippen molar-refractivity contribution in [1.82, 2.24) is 5.32 Å². The van der Waals surface area contributed by atoms with Crippen molar-refractivity contribution in [2.75, 3.05) is 7.05 Å². The van der Waals surface area contributed by atoms with Gasteiger partial charge in [-0.3, -0.25) is 0 Å². The molecule has 0 aliphatic rings. The minimum atomic E-state index is -0.332. The van der Waals surface area contributed by atoms with Crippen LogP contribution >= 0.6 is 11.6 Å². The van der Waals surface area contributed by atoms with E-state index in [0.29, 0.717) is 5.56 Å². The van der Waals surface area contributed by atoms with Gasteiger partial charge in [-0.15, -0.1) is 0 Å². The highest BCUT2D eigenvalue weighted by Gasteiger charge is 2.10. The Morgan fingerprint density at radius 3 is 2.75 bits per heavy atom. The van der Waals surface area contributed by atoms with E-state index in [1.807, 2.05) is 6.92 Å². The predicted octanol–water partition coefficient (Wildman–Crippen LogP) is 2.76. The molecule has 1 rings (SSSR count). The number of hydrogen-bond acceptors (Lipinski definition) is 1. The summed E-state index contributed by atoms with van der Waals surface area (Å²) < 4.78 is 13.3. The van der Waals surface area contributed by atoms with Gasteiger partial charge in [0.2, 0.25) is 0 Å². The van der Waals surface area contributed by atoms with Gasteiger partial charge < -0.3 is 5.32 Å². The normalized spacial score (nSPS) is 13.0. The maximum atomic E-state index is 13.3. The van der Waals surface area contributed by atoms with E-state index in [2.05, 4.69) is 5.32 Å². The summed E-state index contributed by atoms with van der Waals surface area (Å²) in [6.45, 7) is 1.88. The predicted molar refractivity (Wildman–Crippen MR) is 48.9 cm³/mol. The Morgan fingerprint density at radius 1 is 1.50 bits per heavy atom. The zero-order valence-corrected chi connectivity index (χ0v) is 7.82. The van der Waals surface area contributed by atoms with E-state index in [1.54, 1.807) is 25.2 Å². The average Bonchev–Trinajstić information content (AvgIpc) is 2.08.